The standard InChI is InChI=1S/C57H77N12O22P3S4/c1-6-67-43-23-21-39(97(80,81)82)31-41(43)56(2,3)47(67)18-10-7-11-19-48-57(4,5)42-32-40(98(83,84)85)22-24-44(42)68(48)28-14-8-12-20-49(70)60-27-30-95-96-37-86-29-15-9-13-25-61-55(72)62-26-16-17-38-34-69(52-51(38)53(71)65-54(58)64-52)50-33-45(87-36-63-66-59)46(89-50)35-88-93(76,77)91-94(78,79)90-92(73,74)75/h7,10-11,18-19,21-24,31-32,34,45-46,50H,6,8-9,12-15,20,25-30,33,35-37H2,1-5H3,(H11-,58,60,61,62,64,65,70,71,72,73,74,75,76,77,78,79,80,81,82,83,84,85)/p+1/t45-,46+,50+/m0/s1. The minimum atomic E-state index is -5.84. The normalized spacial score (nSPS) is 19.1. The largest absolute Gasteiger partial charge is 0.490 e. The number of nitrogens with one attached hydrogen (secondary N) is 4. The van der Waals surface area contributed by atoms with Crippen LogP contribution in [0.3, 0.4) is 0 Å². The second-order valence-corrected chi connectivity index (χ2v) is 32.9. The van der Waals surface area contributed by atoms with Crippen molar-refractivity contribution in [2.75, 3.05) is 75.0 Å². The van der Waals surface area contributed by atoms with Crippen LogP contribution < -0.4 is 32.1 Å². The molecule has 34 nitrogen and oxygen atoms in total. The van der Waals surface area contributed by atoms with Gasteiger partial charge in [-0.25, -0.2) is 18.5 Å². The van der Waals surface area contributed by atoms with Crippen LogP contribution in [0.2, 0.25) is 0 Å². The molecule has 41 heteroatoms. The van der Waals surface area contributed by atoms with Crippen LogP contribution >= 0.6 is 45.1 Å². The van der Waals surface area contributed by atoms with E-state index in [-0.39, 0.29) is 51.2 Å². The van der Waals surface area contributed by atoms with Crippen molar-refractivity contribution < 1.29 is 101 Å². The number of allylic oxidation sites excluding steroid dienone is 6. The molecule has 3 aliphatic heterocycles. The van der Waals surface area contributed by atoms with Gasteiger partial charge in [0, 0.05) is 96.9 Å². The summed E-state index contributed by atoms with van der Waals surface area (Å²) >= 11 is 0. The topological polar surface area (TPSA) is 498 Å². The number of carbonyl (C=O) groups excluding carboxylic acids is 2. The van der Waals surface area contributed by atoms with Crippen molar-refractivity contribution in [1.82, 2.24) is 30.5 Å². The van der Waals surface area contributed by atoms with Gasteiger partial charge in [-0.15, -0.1) is 0 Å². The molecular weight excluding hydrogens is 1430 g/mol. The summed E-state index contributed by atoms with van der Waals surface area (Å²) in [6.45, 7) is 10.9. The lowest BCUT2D eigenvalue weighted by atomic mass is 9.81. The van der Waals surface area contributed by atoms with Gasteiger partial charge in [0.05, 0.1) is 45.4 Å². The number of nitrogens with zero attached hydrogens (tertiary/aromatic N) is 7. The fourth-order valence-corrected chi connectivity index (χ4v) is 16.8. The number of aromatic amines is 1. The van der Waals surface area contributed by atoms with Crippen molar-refractivity contribution in [2.24, 2.45) is 5.11 Å². The van der Waals surface area contributed by atoms with Crippen LogP contribution in [0.5, 0.6) is 0 Å². The molecule has 0 spiro atoms. The number of azide groups is 1. The van der Waals surface area contributed by atoms with E-state index < -0.39 is 97.9 Å². The number of urea groups is 1. The molecule has 2 aromatic heterocycles. The highest BCUT2D eigenvalue weighted by molar-refractivity contribution is 8.76. The first-order chi connectivity index (χ1) is 46.1. The first-order valence-electron chi connectivity index (χ1n) is 30.3. The van der Waals surface area contributed by atoms with E-state index in [1.165, 1.54) is 45.8 Å². The number of likely N-dealkylation sites (N-methyl/N-ethyl adjacent to an activating group) is 1. The zero-order valence-electron chi connectivity index (χ0n) is 53.8. The molecule has 2 unspecified atom stereocenters. The Bertz CT molecular complexity index is 4300. The molecule has 536 valence electrons. The Balaban J connectivity index is 0.773. The Hall–Kier alpha value is -6.23. The summed E-state index contributed by atoms with van der Waals surface area (Å²) in [6.07, 6.45) is 12.1. The first kappa shape index (κ1) is 79.1. The van der Waals surface area contributed by atoms with Crippen molar-refractivity contribution >= 4 is 111 Å². The van der Waals surface area contributed by atoms with Gasteiger partial charge < -0.3 is 64.9 Å². The molecule has 4 aromatic rings. The van der Waals surface area contributed by atoms with Crippen LogP contribution in [0.4, 0.5) is 22.1 Å². The minimum absolute atomic E-state index is 0.0230. The molecule has 5 atom stereocenters. The van der Waals surface area contributed by atoms with E-state index in [0.717, 1.165) is 59.6 Å². The minimum Gasteiger partial charge on any atom is -0.370 e. The number of ether oxygens (including phenoxy) is 3. The molecule has 0 aliphatic carbocycles. The lowest BCUT2D eigenvalue weighted by molar-refractivity contribution is -0.438. The number of nitrogens with two attached hydrogens (primary N) is 1. The number of carbonyl (C=O) groups is 2. The van der Waals surface area contributed by atoms with E-state index >= 15 is 0 Å². The Morgan fingerprint density at radius 2 is 1.63 bits per heavy atom. The van der Waals surface area contributed by atoms with E-state index in [1.54, 1.807) is 22.9 Å². The number of hydrogen-bond acceptors (Lipinski definition) is 22. The van der Waals surface area contributed by atoms with Gasteiger partial charge in [0.2, 0.25) is 17.5 Å². The van der Waals surface area contributed by atoms with Crippen LogP contribution in [0, 0.1) is 11.8 Å². The van der Waals surface area contributed by atoms with Gasteiger partial charge in [0.15, 0.2) is 11.4 Å². The highest BCUT2D eigenvalue weighted by atomic mass is 33.1. The summed E-state index contributed by atoms with van der Waals surface area (Å²) < 4.78 is 136. The maximum atomic E-state index is 13.1. The second-order valence-electron chi connectivity index (χ2n) is 23.2. The lowest BCUT2D eigenvalue weighted by Gasteiger charge is -2.25. The third-order valence-electron chi connectivity index (χ3n) is 15.6. The second kappa shape index (κ2) is 34.4. The van der Waals surface area contributed by atoms with Gasteiger partial charge in [-0.2, -0.15) is 35.0 Å². The first-order valence-corrected chi connectivity index (χ1v) is 40.2. The number of phosphoric acid groups is 3. The van der Waals surface area contributed by atoms with E-state index in [2.05, 4.69) is 65.9 Å². The van der Waals surface area contributed by atoms with E-state index in [1.807, 2.05) is 65.0 Å². The van der Waals surface area contributed by atoms with Crippen LogP contribution in [0.25, 0.3) is 21.5 Å². The predicted octanol–water partition coefficient (Wildman–Crippen LogP) is 7.83. The molecule has 3 amide bonds. The molecule has 7 rings (SSSR count). The van der Waals surface area contributed by atoms with E-state index in [0.29, 0.717) is 63.7 Å². The molecule has 0 radical (unpaired) electrons. The summed E-state index contributed by atoms with van der Waals surface area (Å²) in [4.78, 5) is 86.5. The number of benzene rings is 2. The molecule has 1 saturated heterocycles. The highest BCUT2D eigenvalue weighted by Gasteiger charge is 2.47. The van der Waals surface area contributed by atoms with Gasteiger partial charge in [-0.3, -0.25) is 28.2 Å². The summed E-state index contributed by atoms with van der Waals surface area (Å²) in [7, 11) is -22.8. The number of amides is 3. The number of anilines is 2. The van der Waals surface area contributed by atoms with Crippen molar-refractivity contribution in [2.45, 2.75) is 125 Å². The van der Waals surface area contributed by atoms with Crippen LogP contribution in [-0.2, 0) is 76.9 Å². The summed E-state index contributed by atoms with van der Waals surface area (Å²) in [6, 6.07) is 8.72. The SMILES string of the molecule is CCN1\C(=C/C=C/C=C/C2=[N+](CCCCCC(=O)NCCSSCOCCCCCNC(=O)NCC#Cc3cn([C@H]4C[C@H](OCN=[N+]=[N-])[C@@H](COP(=O)(O)OP(=O)(O)OP(=O)(O)O)O4)c4nc(N)[nH]c(=O)c34)c3ccc(S(=O)(=O)O)cc3C2(C)C)C(C)(C)c2cc(S(=O)(=O)O)ccc21. The van der Waals surface area contributed by atoms with Crippen molar-refractivity contribution in [1.29, 1.82) is 0 Å². The monoisotopic (exact) mass is 1500 g/mol. The Labute approximate surface area is 572 Å². The third kappa shape index (κ3) is 21.9. The smallest absolute Gasteiger partial charge is 0.370 e. The fourth-order valence-electron chi connectivity index (χ4n) is 11.2. The lowest BCUT2D eigenvalue weighted by Crippen LogP contribution is -2.36. The fraction of sp³-hybridized carbons (Fsp3) is 0.491. The van der Waals surface area contributed by atoms with Gasteiger partial charge in [-0.1, -0.05) is 70.6 Å². The molecule has 98 heavy (non-hydrogen) atoms. The number of rotatable bonds is 36. The van der Waals surface area contributed by atoms with Crippen LogP contribution in [-0.4, -0.2) is 159 Å². The molecule has 0 bridgehead atoms. The zero-order chi connectivity index (χ0) is 71.9. The average Bonchev–Trinajstić information content (AvgIpc) is 1.60. The number of unbranched alkanes of at least 4 members (excludes halogenated alkanes) is 4. The average molecular weight is 1500 g/mol. The van der Waals surface area contributed by atoms with Crippen molar-refractivity contribution in [3.8, 4) is 11.8 Å². The van der Waals surface area contributed by atoms with Crippen molar-refractivity contribution in [3.63, 3.8) is 0 Å². The van der Waals surface area contributed by atoms with Crippen LogP contribution in [0.1, 0.15) is 109 Å². The molecular formula is C57H78N12O22P3S4+. The number of hydrogen-bond donors (Lipinski definition) is 11. The van der Waals surface area contributed by atoms with Gasteiger partial charge in [0.25, 0.3) is 25.8 Å². The molecule has 1 fully saturated rings. The molecule has 2 aromatic carbocycles. The predicted molar refractivity (Wildman–Crippen MR) is 364 cm³/mol. The summed E-state index contributed by atoms with van der Waals surface area (Å²) in [5.41, 5.74) is 17.8. The summed E-state index contributed by atoms with van der Waals surface area (Å²) in [5.74, 6) is 6.35. The Morgan fingerprint density at radius 3 is 2.34 bits per heavy atom. The van der Waals surface area contributed by atoms with Crippen LogP contribution in [0.15, 0.2) is 98.4 Å². The molecule has 12 N–H and O–H groups in total. The van der Waals surface area contributed by atoms with Gasteiger partial charge in [0.1, 0.15) is 31.5 Å². The third-order valence-corrected chi connectivity index (χ3v) is 23.2. The molecule has 0 saturated carbocycles. The van der Waals surface area contributed by atoms with Crippen molar-refractivity contribution in [3.05, 3.63) is 116 Å². The maximum absolute atomic E-state index is 13.1. The number of fused-ring (bicyclic) bond motifs is 3. The van der Waals surface area contributed by atoms with Gasteiger partial charge in [-0.05, 0) is 100 Å². The number of H-pyrrole nitrogens is 1. The quantitative estimate of drug-likeness (QED) is 0.00176. The number of phosphoric ester groups is 1. The number of aromatic nitrogens is 3. The van der Waals surface area contributed by atoms with Gasteiger partial charge >= 0.3 is 29.5 Å². The molecule has 5 heterocycles. The maximum Gasteiger partial charge on any atom is 0.490 e. The zero-order valence-corrected chi connectivity index (χ0v) is 59.7. The Kier molecular flexibility index (Phi) is 27.8. The molecule has 3 aliphatic rings. The van der Waals surface area contributed by atoms with E-state index in [9.17, 15) is 63.8 Å². The number of nitrogen functional groups attached to an aromatic ring is 1. The Morgan fingerprint density at radius 1 is 0.918 bits per heavy atom. The van der Waals surface area contributed by atoms with E-state index in [4.69, 9.17) is 39.8 Å². The highest BCUT2D eigenvalue weighted by Crippen LogP contribution is 2.66. The summed E-state index contributed by atoms with van der Waals surface area (Å²) in [5, 5.41) is 11.6.